The van der Waals surface area contributed by atoms with Crippen molar-refractivity contribution in [2.24, 2.45) is 5.92 Å². The maximum atomic E-state index is 3.84. The van der Waals surface area contributed by atoms with Crippen LogP contribution in [-0.2, 0) is 6.42 Å². The lowest BCUT2D eigenvalue weighted by Gasteiger charge is -2.19. The van der Waals surface area contributed by atoms with Crippen LogP contribution in [0.15, 0.2) is 29.2 Å². The predicted octanol–water partition coefficient (Wildman–Crippen LogP) is 4.26. The number of rotatable bonds is 3. The maximum Gasteiger partial charge on any atom is 0.0260 e. The van der Waals surface area contributed by atoms with Crippen molar-refractivity contribution in [3.8, 4) is 0 Å². The Labute approximate surface area is 121 Å². The summed E-state index contributed by atoms with van der Waals surface area (Å²) in [5, 5.41) is 4.59. The molecule has 19 heavy (non-hydrogen) atoms. The summed E-state index contributed by atoms with van der Waals surface area (Å²) in [4.78, 5) is 1.50. The van der Waals surface area contributed by atoms with Gasteiger partial charge in [-0.2, -0.15) is 0 Å². The number of thioether (sulfide) groups is 1. The lowest BCUT2D eigenvalue weighted by Crippen LogP contribution is -2.34. The fourth-order valence-electron chi connectivity index (χ4n) is 3.36. The number of hydrogen-bond donors (Lipinski definition) is 1. The van der Waals surface area contributed by atoms with Gasteiger partial charge in [0.25, 0.3) is 0 Å². The summed E-state index contributed by atoms with van der Waals surface area (Å²) >= 11 is 2.07. The monoisotopic (exact) mass is 275 g/mol. The molecule has 1 aliphatic heterocycles. The molecule has 1 heterocycles. The van der Waals surface area contributed by atoms with Gasteiger partial charge in [0.15, 0.2) is 0 Å². The zero-order valence-electron chi connectivity index (χ0n) is 11.9. The Balaban J connectivity index is 1.46. The second-order valence-electron chi connectivity index (χ2n) is 6.27. The molecular weight excluding hydrogens is 250 g/mol. The molecule has 0 aromatic heterocycles. The van der Waals surface area contributed by atoms with Crippen LogP contribution in [0.2, 0.25) is 0 Å². The summed E-state index contributed by atoms with van der Waals surface area (Å²) in [7, 11) is 0. The maximum absolute atomic E-state index is 3.84. The van der Waals surface area contributed by atoms with Gasteiger partial charge < -0.3 is 5.32 Å². The van der Waals surface area contributed by atoms with Gasteiger partial charge >= 0.3 is 0 Å². The molecule has 1 nitrogen and oxygen atoms in total. The highest BCUT2D eigenvalue weighted by Crippen LogP contribution is 2.36. The molecule has 1 N–H and O–H groups in total. The summed E-state index contributed by atoms with van der Waals surface area (Å²) in [6.07, 6.45) is 8.27. The van der Waals surface area contributed by atoms with Crippen molar-refractivity contribution in [3.63, 3.8) is 0 Å². The summed E-state index contributed by atoms with van der Waals surface area (Å²) in [6.45, 7) is 3.59. The number of benzene rings is 1. The van der Waals surface area contributed by atoms with Crippen molar-refractivity contribution >= 4 is 11.8 Å². The Hall–Kier alpha value is -0.470. The van der Waals surface area contributed by atoms with E-state index in [0.717, 1.165) is 17.2 Å². The molecule has 3 rings (SSSR count). The lowest BCUT2D eigenvalue weighted by molar-refractivity contribution is 0.448. The van der Waals surface area contributed by atoms with E-state index in [-0.39, 0.29) is 0 Å². The number of hydrogen-bond acceptors (Lipinski definition) is 2. The Morgan fingerprint density at radius 1 is 1.16 bits per heavy atom. The van der Waals surface area contributed by atoms with Crippen molar-refractivity contribution in [1.29, 1.82) is 0 Å². The van der Waals surface area contributed by atoms with Crippen LogP contribution < -0.4 is 5.32 Å². The van der Waals surface area contributed by atoms with Crippen molar-refractivity contribution in [2.75, 3.05) is 6.54 Å². The molecule has 104 valence electrons. The Morgan fingerprint density at radius 3 is 2.95 bits per heavy atom. The van der Waals surface area contributed by atoms with Gasteiger partial charge in [0, 0.05) is 22.7 Å². The Kier molecular flexibility index (Phi) is 4.49. The van der Waals surface area contributed by atoms with Crippen LogP contribution in [0.5, 0.6) is 0 Å². The van der Waals surface area contributed by atoms with E-state index in [1.54, 1.807) is 5.56 Å². The lowest BCUT2D eigenvalue weighted by atomic mass is 10.0. The second-order valence-corrected chi connectivity index (χ2v) is 7.61. The first-order valence-corrected chi connectivity index (χ1v) is 8.67. The van der Waals surface area contributed by atoms with Gasteiger partial charge in [-0.25, -0.2) is 0 Å². The molecule has 2 heteroatoms. The summed E-state index contributed by atoms with van der Waals surface area (Å²) in [5.74, 6) is 0.942. The largest absolute Gasteiger partial charge is 0.313 e. The van der Waals surface area contributed by atoms with Crippen LogP contribution in [0, 0.1) is 5.92 Å². The molecule has 0 amide bonds. The normalized spacial score (nSPS) is 30.9. The van der Waals surface area contributed by atoms with Crippen LogP contribution in [0.4, 0.5) is 0 Å². The Morgan fingerprint density at radius 2 is 2.05 bits per heavy atom. The molecular formula is C17H25NS. The van der Waals surface area contributed by atoms with Crippen molar-refractivity contribution < 1.29 is 0 Å². The standard InChI is InChI=1S/C17H25NS/c1-13-5-4-7-15(10-9-13)18-12-16-11-14-6-2-3-8-17(14)19-16/h2-3,6,8,13,15-16,18H,4-5,7,9-12H2,1H3. The van der Waals surface area contributed by atoms with E-state index in [9.17, 15) is 0 Å². The van der Waals surface area contributed by atoms with Crippen molar-refractivity contribution in [2.45, 2.75) is 61.6 Å². The highest BCUT2D eigenvalue weighted by Gasteiger charge is 2.23. The molecule has 1 aromatic rings. The van der Waals surface area contributed by atoms with E-state index in [4.69, 9.17) is 0 Å². The minimum Gasteiger partial charge on any atom is -0.313 e. The first-order chi connectivity index (χ1) is 9.31. The fraction of sp³-hybridized carbons (Fsp3) is 0.647. The van der Waals surface area contributed by atoms with Gasteiger partial charge in [-0.05, 0) is 43.2 Å². The quantitative estimate of drug-likeness (QED) is 0.827. The third kappa shape index (κ3) is 3.55. The van der Waals surface area contributed by atoms with E-state index < -0.39 is 0 Å². The smallest absolute Gasteiger partial charge is 0.0260 e. The summed E-state index contributed by atoms with van der Waals surface area (Å²) < 4.78 is 0. The SMILES string of the molecule is CC1CCCC(NCC2Cc3ccccc3S2)CC1. The number of nitrogens with one attached hydrogen (secondary N) is 1. The molecule has 0 radical (unpaired) electrons. The zero-order valence-corrected chi connectivity index (χ0v) is 12.7. The topological polar surface area (TPSA) is 12.0 Å². The van der Waals surface area contributed by atoms with Crippen molar-refractivity contribution in [1.82, 2.24) is 5.32 Å². The third-order valence-corrected chi connectivity index (χ3v) is 5.92. The molecule has 0 saturated heterocycles. The Bertz CT molecular complexity index is 392. The van der Waals surface area contributed by atoms with Gasteiger partial charge in [0.2, 0.25) is 0 Å². The average molecular weight is 275 g/mol. The first-order valence-electron chi connectivity index (χ1n) is 7.79. The van der Waals surface area contributed by atoms with Crippen LogP contribution in [0.1, 0.15) is 44.6 Å². The molecule has 3 unspecified atom stereocenters. The van der Waals surface area contributed by atoms with E-state index in [0.29, 0.717) is 0 Å². The van der Waals surface area contributed by atoms with Gasteiger partial charge in [0.1, 0.15) is 0 Å². The van der Waals surface area contributed by atoms with Gasteiger partial charge in [0.05, 0.1) is 0 Å². The summed E-state index contributed by atoms with van der Waals surface area (Å²) in [5.41, 5.74) is 1.55. The van der Waals surface area contributed by atoms with Crippen LogP contribution in [0.25, 0.3) is 0 Å². The minimum absolute atomic E-state index is 0.748. The van der Waals surface area contributed by atoms with E-state index >= 15 is 0 Å². The highest BCUT2D eigenvalue weighted by atomic mass is 32.2. The number of fused-ring (bicyclic) bond motifs is 1. The third-order valence-electron chi connectivity index (χ3n) is 4.61. The second kappa shape index (κ2) is 6.32. The van der Waals surface area contributed by atoms with Crippen molar-refractivity contribution in [3.05, 3.63) is 29.8 Å². The van der Waals surface area contributed by atoms with Gasteiger partial charge in [-0.3, -0.25) is 0 Å². The molecule has 0 spiro atoms. The van der Waals surface area contributed by atoms with Crippen LogP contribution in [-0.4, -0.2) is 17.8 Å². The molecule has 1 fully saturated rings. The zero-order chi connectivity index (χ0) is 13.1. The van der Waals surface area contributed by atoms with Crippen LogP contribution >= 0.6 is 11.8 Å². The van der Waals surface area contributed by atoms with E-state index in [2.05, 4.69) is 48.3 Å². The average Bonchev–Trinajstić information content (AvgIpc) is 2.72. The van der Waals surface area contributed by atoms with E-state index in [1.165, 1.54) is 50.0 Å². The predicted molar refractivity (Wildman–Crippen MR) is 83.8 cm³/mol. The first kappa shape index (κ1) is 13.5. The fourth-order valence-corrected chi connectivity index (χ4v) is 4.62. The molecule has 3 atom stereocenters. The highest BCUT2D eigenvalue weighted by molar-refractivity contribution is 8.00. The molecule has 1 aliphatic carbocycles. The minimum atomic E-state index is 0.748. The van der Waals surface area contributed by atoms with Gasteiger partial charge in [-0.15, -0.1) is 11.8 Å². The molecule has 1 saturated carbocycles. The molecule has 1 aromatic carbocycles. The molecule has 0 bridgehead atoms. The van der Waals surface area contributed by atoms with Gasteiger partial charge in [-0.1, -0.05) is 38.0 Å². The van der Waals surface area contributed by atoms with Crippen LogP contribution in [0.3, 0.4) is 0 Å². The molecule has 2 aliphatic rings. The summed E-state index contributed by atoms with van der Waals surface area (Å²) in [6, 6.07) is 9.66. The van der Waals surface area contributed by atoms with E-state index in [1.807, 2.05) is 0 Å².